The van der Waals surface area contributed by atoms with Crippen LogP contribution in [-0.2, 0) is 0 Å². The lowest BCUT2D eigenvalue weighted by Gasteiger charge is -2.16. The smallest absolute Gasteiger partial charge is 0.119 e. The van der Waals surface area contributed by atoms with Gasteiger partial charge in [-0.2, -0.15) is 0 Å². The molecule has 1 atom stereocenters. The minimum atomic E-state index is -0.224. The van der Waals surface area contributed by atoms with E-state index in [1.807, 2.05) is 0 Å². The van der Waals surface area contributed by atoms with Crippen molar-refractivity contribution in [2.75, 3.05) is 26.3 Å². The maximum Gasteiger partial charge on any atom is 0.119 e. The summed E-state index contributed by atoms with van der Waals surface area (Å²) in [6, 6.07) is 8.38. The van der Waals surface area contributed by atoms with Crippen LogP contribution in [0.4, 0.5) is 4.39 Å². The Balaban J connectivity index is 1.82. The second-order valence-corrected chi connectivity index (χ2v) is 5.60. The second kappa shape index (κ2) is 6.90. The van der Waals surface area contributed by atoms with Gasteiger partial charge in [0.15, 0.2) is 0 Å². The number of ether oxygens (including phenoxy) is 1. The maximum atomic E-state index is 12.1. The lowest BCUT2D eigenvalue weighted by Crippen LogP contribution is -2.26. The molecule has 2 nitrogen and oxygen atoms in total. The number of hydrogen-bond acceptors (Lipinski definition) is 2. The zero-order chi connectivity index (χ0) is 13.7. The zero-order valence-electron chi connectivity index (χ0n) is 11.9. The highest BCUT2D eigenvalue weighted by Gasteiger charge is 2.23. The van der Waals surface area contributed by atoms with Gasteiger partial charge in [0, 0.05) is 19.6 Å². The number of rotatable bonds is 6. The molecule has 0 radical (unpaired) electrons. The van der Waals surface area contributed by atoms with Crippen molar-refractivity contribution in [3.63, 3.8) is 0 Å². The van der Waals surface area contributed by atoms with E-state index in [2.05, 4.69) is 43.0 Å². The summed E-state index contributed by atoms with van der Waals surface area (Å²) in [4.78, 5) is 2.28. The SMILES string of the molecule is CC(C)c1ccc(OC2CCN(CCCF)C2)cc1. The molecule has 0 N–H and O–H groups in total. The van der Waals surface area contributed by atoms with Crippen LogP contribution in [0.2, 0.25) is 0 Å². The molecule has 1 unspecified atom stereocenters. The lowest BCUT2D eigenvalue weighted by atomic mass is 10.0. The number of alkyl halides is 1. The van der Waals surface area contributed by atoms with Crippen molar-refractivity contribution >= 4 is 0 Å². The molecule has 1 heterocycles. The van der Waals surface area contributed by atoms with Gasteiger partial charge in [-0.1, -0.05) is 26.0 Å². The third-order valence-corrected chi connectivity index (χ3v) is 3.69. The summed E-state index contributed by atoms with van der Waals surface area (Å²) in [6.45, 7) is 6.95. The Kier molecular flexibility index (Phi) is 5.20. The molecule has 0 bridgehead atoms. The van der Waals surface area contributed by atoms with Gasteiger partial charge in [-0.25, -0.2) is 0 Å². The molecule has 1 saturated heterocycles. The standard InChI is InChI=1S/C16H24FNO/c1-13(2)14-4-6-15(7-5-14)19-16-8-11-18(12-16)10-3-9-17/h4-7,13,16H,3,8-12H2,1-2H3. The predicted molar refractivity (Wildman–Crippen MR) is 76.6 cm³/mol. The Morgan fingerprint density at radius 3 is 2.68 bits per heavy atom. The summed E-state index contributed by atoms with van der Waals surface area (Å²) in [5.74, 6) is 1.50. The summed E-state index contributed by atoms with van der Waals surface area (Å²) < 4.78 is 18.1. The van der Waals surface area contributed by atoms with E-state index in [0.717, 1.165) is 31.8 Å². The van der Waals surface area contributed by atoms with Crippen LogP contribution in [0.5, 0.6) is 5.75 Å². The van der Waals surface area contributed by atoms with Gasteiger partial charge in [0.1, 0.15) is 11.9 Å². The molecule has 0 amide bonds. The Hall–Kier alpha value is -1.09. The molecule has 1 aliphatic heterocycles. The van der Waals surface area contributed by atoms with Crippen LogP contribution in [0.1, 0.15) is 38.2 Å². The van der Waals surface area contributed by atoms with Gasteiger partial charge in [0.25, 0.3) is 0 Å². The van der Waals surface area contributed by atoms with Gasteiger partial charge in [-0.05, 0) is 36.5 Å². The molecular weight excluding hydrogens is 241 g/mol. The van der Waals surface area contributed by atoms with E-state index in [1.54, 1.807) is 0 Å². The monoisotopic (exact) mass is 265 g/mol. The average molecular weight is 265 g/mol. The summed E-state index contributed by atoms with van der Waals surface area (Å²) >= 11 is 0. The molecule has 1 aromatic rings. The van der Waals surface area contributed by atoms with Crippen molar-refractivity contribution in [3.8, 4) is 5.75 Å². The van der Waals surface area contributed by atoms with E-state index in [1.165, 1.54) is 5.56 Å². The van der Waals surface area contributed by atoms with Gasteiger partial charge in [-0.15, -0.1) is 0 Å². The number of benzene rings is 1. The Labute approximate surface area is 115 Å². The fourth-order valence-corrected chi connectivity index (χ4v) is 2.50. The van der Waals surface area contributed by atoms with Crippen LogP contribution in [0.15, 0.2) is 24.3 Å². The highest BCUT2D eigenvalue weighted by molar-refractivity contribution is 5.29. The van der Waals surface area contributed by atoms with Crippen LogP contribution < -0.4 is 4.74 Å². The fourth-order valence-electron chi connectivity index (χ4n) is 2.50. The van der Waals surface area contributed by atoms with Crippen molar-refractivity contribution in [2.45, 2.75) is 38.7 Å². The van der Waals surface area contributed by atoms with E-state index in [9.17, 15) is 4.39 Å². The highest BCUT2D eigenvalue weighted by Crippen LogP contribution is 2.22. The summed E-state index contributed by atoms with van der Waals surface area (Å²) in [5, 5.41) is 0. The number of hydrogen-bond donors (Lipinski definition) is 0. The number of likely N-dealkylation sites (tertiary alicyclic amines) is 1. The first-order valence-electron chi connectivity index (χ1n) is 7.24. The molecule has 3 heteroatoms. The molecule has 106 valence electrons. The van der Waals surface area contributed by atoms with Crippen LogP contribution >= 0.6 is 0 Å². The average Bonchev–Trinajstić information content (AvgIpc) is 2.84. The van der Waals surface area contributed by atoms with Crippen molar-refractivity contribution in [1.29, 1.82) is 0 Å². The number of nitrogens with zero attached hydrogens (tertiary/aromatic N) is 1. The Bertz CT molecular complexity index is 377. The number of halogens is 1. The third kappa shape index (κ3) is 4.20. The summed E-state index contributed by atoms with van der Waals surface area (Å²) in [5.41, 5.74) is 1.34. The van der Waals surface area contributed by atoms with Gasteiger partial charge in [0.2, 0.25) is 0 Å². The lowest BCUT2D eigenvalue weighted by molar-refractivity contribution is 0.198. The maximum absolute atomic E-state index is 12.1. The van der Waals surface area contributed by atoms with E-state index >= 15 is 0 Å². The molecule has 1 aliphatic rings. The van der Waals surface area contributed by atoms with Crippen molar-refractivity contribution in [3.05, 3.63) is 29.8 Å². The highest BCUT2D eigenvalue weighted by atomic mass is 19.1. The van der Waals surface area contributed by atoms with Crippen molar-refractivity contribution in [1.82, 2.24) is 4.90 Å². The zero-order valence-corrected chi connectivity index (χ0v) is 11.9. The topological polar surface area (TPSA) is 12.5 Å². The molecular formula is C16H24FNO. The largest absolute Gasteiger partial charge is 0.489 e. The van der Waals surface area contributed by atoms with Crippen LogP contribution in [0.25, 0.3) is 0 Å². The Morgan fingerprint density at radius 2 is 2.05 bits per heavy atom. The van der Waals surface area contributed by atoms with E-state index in [0.29, 0.717) is 12.3 Å². The van der Waals surface area contributed by atoms with Crippen LogP contribution in [0, 0.1) is 0 Å². The first kappa shape index (κ1) is 14.3. The van der Waals surface area contributed by atoms with E-state index in [4.69, 9.17) is 4.74 Å². The first-order valence-corrected chi connectivity index (χ1v) is 7.24. The normalized spacial score (nSPS) is 20.1. The van der Waals surface area contributed by atoms with Crippen LogP contribution in [0.3, 0.4) is 0 Å². The molecule has 0 aromatic heterocycles. The third-order valence-electron chi connectivity index (χ3n) is 3.69. The molecule has 19 heavy (non-hydrogen) atoms. The fraction of sp³-hybridized carbons (Fsp3) is 0.625. The van der Waals surface area contributed by atoms with Gasteiger partial charge >= 0.3 is 0 Å². The first-order chi connectivity index (χ1) is 9.19. The molecule has 2 rings (SSSR count). The van der Waals surface area contributed by atoms with Gasteiger partial charge < -0.3 is 4.74 Å². The predicted octanol–water partition coefficient (Wildman–Crippen LogP) is 3.62. The molecule has 1 fully saturated rings. The molecule has 0 saturated carbocycles. The van der Waals surface area contributed by atoms with Gasteiger partial charge in [0.05, 0.1) is 6.67 Å². The molecule has 0 aliphatic carbocycles. The van der Waals surface area contributed by atoms with E-state index in [-0.39, 0.29) is 12.8 Å². The summed E-state index contributed by atoms with van der Waals surface area (Å²) in [7, 11) is 0. The van der Waals surface area contributed by atoms with Crippen molar-refractivity contribution in [2.24, 2.45) is 0 Å². The minimum Gasteiger partial charge on any atom is -0.489 e. The summed E-state index contributed by atoms with van der Waals surface area (Å²) in [6.07, 6.45) is 1.93. The van der Waals surface area contributed by atoms with E-state index < -0.39 is 0 Å². The molecule has 0 spiro atoms. The quantitative estimate of drug-likeness (QED) is 0.779. The second-order valence-electron chi connectivity index (χ2n) is 5.60. The Morgan fingerprint density at radius 1 is 1.32 bits per heavy atom. The van der Waals surface area contributed by atoms with Gasteiger partial charge in [-0.3, -0.25) is 9.29 Å². The van der Waals surface area contributed by atoms with Crippen LogP contribution in [-0.4, -0.2) is 37.3 Å². The minimum absolute atomic E-state index is 0.224. The molecule has 1 aromatic carbocycles. The van der Waals surface area contributed by atoms with Crippen molar-refractivity contribution < 1.29 is 9.13 Å².